The maximum atomic E-state index is 12.8. The summed E-state index contributed by atoms with van der Waals surface area (Å²) in [5.41, 5.74) is 0.298. The van der Waals surface area contributed by atoms with Crippen molar-refractivity contribution in [2.45, 2.75) is 12.8 Å². The number of rotatable bonds is 3. The molecule has 1 aromatic rings. The number of aromatic hydroxyl groups is 1. The first-order valence-electron chi connectivity index (χ1n) is 4.35. The number of anilines is 1. The lowest BCUT2D eigenvalue weighted by Crippen LogP contribution is -2.10. The molecule has 0 radical (unpaired) electrons. The second-order valence-electron chi connectivity index (χ2n) is 2.92. The van der Waals surface area contributed by atoms with Crippen LogP contribution in [-0.2, 0) is 4.79 Å². The van der Waals surface area contributed by atoms with Crippen molar-refractivity contribution in [3.8, 4) is 18.1 Å². The number of hydrogen-bond donors (Lipinski definition) is 2. The zero-order chi connectivity index (χ0) is 11.3. The van der Waals surface area contributed by atoms with E-state index < -0.39 is 11.6 Å². The molecule has 0 aliphatic heterocycles. The molecule has 0 saturated heterocycles. The van der Waals surface area contributed by atoms with Gasteiger partial charge in [0.2, 0.25) is 5.91 Å². The van der Waals surface area contributed by atoms with Crippen LogP contribution in [0.5, 0.6) is 5.75 Å². The van der Waals surface area contributed by atoms with Gasteiger partial charge in [-0.3, -0.25) is 4.79 Å². The van der Waals surface area contributed by atoms with Gasteiger partial charge in [0, 0.05) is 24.6 Å². The molecule has 0 aliphatic carbocycles. The number of terminal acetylenes is 1. The van der Waals surface area contributed by atoms with Crippen LogP contribution in [0.1, 0.15) is 12.8 Å². The maximum Gasteiger partial charge on any atom is 0.225 e. The van der Waals surface area contributed by atoms with Crippen molar-refractivity contribution in [3.63, 3.8) is 0 Å². The minimum absolute atomic E-state index is 0.193. The standard InChI is InChI=1S/C11H10FNO2/c1-2-3-4-11(15)13-8-5-6-10(14)9(12)7-8/h1,5-7,14H,3-4H2,(H,13,15). The molecule has 0 heterocycles. The van der Waals surface area contributed by atoms with Crippen LogP contribution in [0.15, 0.2) is 18.2 Å². The second-order valence-corrected chi connectivity index (χ2v) is 2.92. The molecule has 4 heteroatoms. The van der Waals surface area contributed by atoms with Gasteiger partial charge >= 0.3 is 0 Å². The Kier molecular flexibility index (Phi) is 3.69. The minimum atomic E-state index is -0.773. The normalized spacial score (nSPS) is 9.33. The van der Waals surface area contributed by atoms with Crippen molar-refractivity contribution in [1.82, 2.24) is 0 Å². The Morgan fingerprint density at radius 3 is 2.93 bits per heavy atom. The molecule has 0 atom stereocenters. The van der Waals surface area contributed by atoms with E-state index in [4.69, 9.17) is 11.5 Å². The van der Waals surface area contributed by atoms with E-state index in [-0.39, 0.29) is 12.3 Å². The number of phenols is 1. The molecule has 2 N–H and O–H groups in total. The lowest BCUT2D eigenvalue weighted by Gasteiger charge is -2.04. The average Bonchev–Trinajstić information content (AvgIpc) is 2.20. The molecule has 78 valence electrons. The quantitative estimate of drug-likeness (QED) is 0.587. The Hall–Kier alpha value is -2.02. The van der Waals surface area contributed by atoms with Gasteiger partial charge in [-0.05, 0) is 12.1 Å². The third-order valence-electron chi connectivity index (χ3n) is 1.73. The topological polar surface area (TPSA) is 49.3 Å². The Bertz CT molecular complexity index is 410. The highest BCUT2D eigenvalue weighted by atomic mass is 19.1. The van der Waals surface area contributed by atoms with Crippen LogP contribution in [0.3, 0.4) is 0 Å². The first-order chi connectivity index (χ1) is 7.13. The van der Waals surface area contributed by atoms with Gasteiger partial charge in [0.05, 0.1) is 0 Å². The predicted octanol–water partition coefficient (Wildman–Crippen LogP) is 1.88. The average molecular weight is 207 g/mol. The van der Waals surface area contributed by atoms with Crippen LogP contribution in [0.2, 0.25) is 0 Å². The smallest absolute Gasteiger partial charge is 0.225 e. The van der Waals surface area contributed by atoms with Crippen LogP contribution >= 0.6 is 0 Å². The first-order valence-corrected chi connectivity index (χ1v) is 4.35. The van der Waals surface area contributed by atoms with E-state index in [2.05, 4.69) is 11.2 Å². The SMILES string of the molecule is C#CCCC(=O)Nc1ccc(O)c(F)c1. The van der Waals surface area contributed by atoms with Crippen LogP contribution in [0, 0.1) is 18.2 Å². The zero-order valence-electron chi connectivity index (χ0n) is 7.96. The van der Waals surface area contributed by atoms with E-state index in [0.29, 0.717) is 12.1 Å². The van der Waals surface area contributed by atoms with E-state index in [1.165, 1.54) is 12.1 Å². The largest absolute Gasteiger partial charge is 0.505 e. The second kappa shape index (κ2) is 5.01. The van der Waals surface area contributed by atoms with E-state index >= 15 is 0 Å². The zero-order valence-corrected chi connectivity index (χ0v) is 7.96. The molecule has 0 unspecified atom stereocenters. The Balaban J connectivity index is 2.62. The van der Waals surface area contributed by atoms with Gasteiger partial charge in [-0.25, -0.2) is 4.39 Å². The molecule has 1 aromatic carbocycles. The monoisotopic (exact) mass is 207 g/mol. The number of hydrogen-bond acceptors (Lipinski definition) is 2. The fourth-order valence-electron chi connectivity index (χ4n) is 0.994. The third kappa shape index (κ3) is 3.31. The van der Waals surface area contributed by atoms with Crippen molar-refractivity contribution in [3.05, 3.63) is 24.0 Å². The van der Waals surface area contributed by atoms with Gasteiger partial charge in [0.25, 0.3) is 0 Å². The molecule has 3 nitrogen and oxygen atoms in total. The molecule has 0 bridgehead atoms. The summed E-state index contributed by atoms with van der Waals surface area (Å²) in [5.74, 6) is 0.829. The van der Waals surface area contributed by atoms with E-state index in [1.54, 1.807) is 0 Å². The Morgan fingerprint density at radius 1 is 1.60 bits per heavy atom. The summed E-state index contributed by atoms with van der Waals surface area (Å²) in [5, 5.41) is 11.4. The predicted molar refractivity (Wildman–Crippen MR) is 54.8 cm³/mol. The lowest BCUT2D eigenvalue weighted by molar-refractivity contribution is -0.116. The van der Waals surface area contributed by atoms with Crippen molar-refractivity contribution in [1.29, 1.82) is 0 Å². The van der Waals surface area contributed by atoms with Gasteiger partial charge in [0.15, 0.2) is 11.6 Å². The highest BCUT2D eigenvalue weighted by molar-refractivity contribution is 5.90. The lowest BCUT2D eigenvalue weighted by atomic mass is 10.2. The molecule has 1 rings (SSSR count). The van der Waals surface area contributed by atoms with Crippen LogP contribution < -0.4 is 5.32 Å². The highest BCUT2D eigenvalue weighted by Gasteiger charge is 2.04. The summed E-state index contributed by atoms with van der Waals surface area (Å²) in [6.45, 7) is 0. The fraction of sp³-hybridized carbons (Fsp3) is 0.182. The third-order valence-corrected chi connectivity index (χ3v) is 1.73. The number of carbonyl (C=O) groups is 1. The van der Waals surface area contributed by atoms with Crippen molar-refractivity contribution in [2.75, 3.05) is 5.32 Å². The van der Waals surface area contributed by atoms with E-state index in [0.717, 1.165) is 6.07 Å². The molecular weight excluding hydrogens is 197 g/mol. The summed E-state index contributed by atoms with van der Waals surface area (Å²) < 4.78 is 12.8. The number of benzene rings is 1. The van der Waals surface area contributed by atoms with Crippen molar-refractivity contribution < 1.29 is 14.3 Å². The molecular formula is C11H10FNO2. The van der Waals surface area contributed by atoms with Gasteiger partial charge in [-0.15, -0.1) is 12.3 Å². The minimum Gasteiger partial charge on any atom is -0.505 e. The molecule has 15 heavy (non-hydrogen) atoms. The Morgan fingerprint density at radius 2 is 2.33 bits per heavy atom. The summed E-state index contributed by atoms with van der Waals surface area (Å²) >= 11 is 0. The van der Waals surface area contributed by atoms with Crippen LogP contribution in [-0.4, -0.2) is 11.0 Å². The summed E-state index contributed by atoms with van der Waals surface area (Å²) in [6.07, 6.45) is 5.52. The number of amides is 1. The molecule has 0 aliphatic rings. The highest BCUT2D eigenvalue weighted by Crippen LogP contribution is 2.19. The van der Waals surface area contributed by atoms with Gasteiger partial charge < -0.3 is 10.4 Å². The summed E-state index contributed by atoms with van der Waals surface area (Å²) in [6, 6.07) is 3.63. The van der Waals surface area contributed by atoms with E-state index in [9.17, 15) is 9.18 Å². The first kappa shape index (κ1) is 11.1. The molecule has 0 aromatic heterocycles. The summed E-state index contributed by atoms with van der Waals surface area (Å²) in [4.78, 5) is 11.2. The van der Waals surface area contributed by atoms with Gasteiger partial charge in [-0.1, -0.05) is 0 Å². The van der Waals surface area contributed by atoms with Gasteiger partial charge in [0.1, 0.15) is 0 Å². The van der Waals surface area contributed by atoms with Gasteiger partial charge in [-0.2, -0.15) is 0 Å². The number of nitrogens with one attached hydrogen (secondary N) is 1. The molecule has 0 fully saturated rings. The number of phenolic OH excluding ortho intramolecular Hbond substituents is 1. The number of carbonyl (C=O) groups excluding carboxylic acids is 1. The van der Waals surface area contributed by atoms with Crippen LogP contribution in [0.4, 0.5) is 10.1 Å². The molecule has 0 spiro atoms. The Labute approximate surface area is 86.9 Å². The number of halogens is 1. The fourth-order valence-corrected chi connectivity index (χ4v) is 0.994. The molecule has 0 saturated carbocycles. The summed E-state index contributed by atoms with van der Waals surface area (Å²) in [7, 11) is 0. The molecule has 1 amide bonds. The van der Waals surface area contributed by atoms with Crippen LogP contribution in [0.25, 0.3) is 0 Å². The maximum absolute atomic E-state index is 12.8. The van der Waals surface area contributed by atoms with Crippen molar-refractivity contribution in [2.24, 2.45) is 0 Å². The van der Waals surface area contributed by atoms with E-state index in [1.807, 2.05) is 0 Å². The van der Waals surface area contributed by atoms with Crippen molar-refractivity contribution >= 4 is 11.6 Å².